The highest BCUT2D eigenvalue weighted by atomic mass is 16.3. The highest BCUT2D eigenvalue weighted by Gasteiger charge is 2.37. The Balaban J connectivity index is 1.51. The third kappa shape index (κ3) is 3.19. The average molecular weight is 279 g/mol. The van der Waals surface area contributed by atoms with E-state index in [1.165, 1.54) is 32.1 Å². The van der Waals surface area contributed by atoms with E-state index in [0.717, 1.165) is 37.5 Å². The summed E-state index contributed by atoms with van der Waals surface area (Å²) in [5, 5.41) is 10.0. The van der Waals surface area contributed by atoms with Crippen molar-refractivity contribution in [1.82, 2.24) is 4.90 Å². The molecule has 0 heterocycles. The van der Waals surface area contributed by atoms with Gasteiger partial charge >= 0.3 is 0 Å². The van der Waals surface area contributed by atoms with Gasteiger partial charge in [-0.1, -0.05) is 25.7 Å². The number of likely N-dealkylation sites (N-methyl/N-ethyl adjacent to an activating group) is 1. The Kier molecular flexibility index (Phi) is 4.34. The van der Waals surface area contributed by atoms with Gasteiger partial charge in [-0.05, 0) is 49.9 Å². The molecule has 3 aliphatic carbocycles. The predicted octanol–water partition coefficient (Wildman–Crippen LogP) is 2.82. The van der Waals surface area contributed by atoms with Crippen LogP contribution < -0.4 is 0 Å². The maximum Gasteiger partial charge on any atom is 0.225 e. The number of amides is 1. The summed E-state index contributed by atoms with van der Waals surface area (Å²) in [4.78, 5) is 14.4. The normalized spacial score (nSPS) is 35.2. The molecule has 20 heavy (non-hydrogen) atoms. The van der Waals surface area contributed by atoms with E-state index in [4.69, 9.17) is 0 Å². The molecule has 1 amide bonds. The van der Waals surface area contributed by atoms with Gasteiger partial charge in [-0.25, -0.2) is 0 Å². The van der Waals surface area contributed by atoms with Gasteiger partial charge in [0.25, 0.3) is 0 Å². The molecule has 1 N–H and O–H groups in total. The maximum atomic E-state index is 12.6. The summed E-state index contributed by atoms with van der Waals surface area (Å²) < 4.78 is 0. The van der Waals surface area contributed by atoms with Crippen molar-refractivity contribution in [2.75, 3.05) is 13.6 Å². The van der Waals surface area contributed by atoms with E-state index in [0.29, 0.717) is 12.5 Å². The molecule has 0 aliphatic heterocycles. The van der Waals surface area contributed by atoms with E-state index in [2.05, 4.69) is 0 Å². The van der Waals surface area contributed by atoms with Gasteiger partial charge in [-0.15, -0.1) is 0 Å². The van der Waals surface area contributed by atoms with Gasteiger partial charge in [0.1, 0.15) is 0 Å². The fourth-order valence-electron chi connectivity index (χ4n) is 4.41. The van der Waals surface area contributed by atoms with E-state index in [1.807, 2.05) is 7.05 Å². The molecule has 3 heteroatoms. The number of aliphatic hydroxyl groups excluding tert-OH is 1. The Morgan fingerprint density at radius 3 is 2.50 bits per heavy atom. The number of hydrogen-bond donors (Lipinski definition) is 1. The number of carbonyl (C=O) groups is 1. The van der Waals surface area contributed by atoms with Crippen LogP contribution >= 0.6 is 0 Å². The van der Waals surface area contributed by atoms with Gasteiger partial charge in [0.2, 0.25) is 5.91 Å². The summed E-state index contributed by atoms with van der Waals surface area (Å²) in [6.45, 7) is 0.536. The van der Waals surface area contributed by atoms with Crippen LogP contribution in [0.4, 0.5) is 0 Å². The second-order valence-electron chi connectivity index (χ2n) is 7.44. The van der Waals surface area contributed by atoms with Crippen molar-refractivity contribution in [2.24, 2.45) is 23.7 Å². The quantitative estimate of drug-likeness (QED) is 0.859. The van der Waals surface area contributed by atoms with Gasteiger partial charge < -0.3 is 10.0 Å². The molecule has 3 fully saturated rings. The summed E-state index contributed by atoms with van der Waals surface area (Å²) in [5.41, 5.74) is 0. The van der Waals surface area contributed by atoms with Crippen LogP contribution in [0.2, 0.25) is 0 Å². The predicted molar refractivity (Wildman–Crippen MR) is 79.2 cm³/mol. The van der Waals surface area contributed by atoms with E-state index >= 15 is 0 Å². The molecule has 3 saturated carbocycles. The Morgan fingerprint density at radius 1 is 1.10 bits per heavy atom. The minimum absolute atomic E-state index is 0.228. The van der Waals surface area contributed by atoms with Gasteiger partial charge in [0.05, 0.1) is 6.10 Å². The van der Waals surface area contributed by atoms with Crippen molar-refractivity contribution in [3.8, 4) is 0 Å². The number of fused-ring (bicyclic) bond motifs is 1. The summed E-state index contributed by atoms with van der Waals surface area (Å²) in [6, 6.07) is 0. The zero-order chi connectivity index (χ0) is 14.1. The lowest BCUT2D eigenvalue weighted by Gasteiger charge is -2.39. The molecule has 0 radical (unpaired) electrons. The third-order valence-corrected chi connectivity index (χ3v) is 5.89. The van der Waals surface area contributed by atoms with Gasteiger partial charge in [-0.2, -0.15) is 0 Å². The molecule has 114 valence electrons. The molecule has 3 nitrogen and oxygen atoms in total. The number of rotatable bonds is 4. The fourth-order valence-corrected chi connectivity index (χ4v) is 4.41. The Hall–Kier alpha value is -0.570. The molecule has 0 aromatic rings. The zero-order valence-electron chi connectivity index (χ0n) is 12.8. The van der Waals surface area contributed by atoms with Crippen molar-refractivity contribution in [3.63, 3.8) is 0 Å². The van der Waals surface area contributed by atoms with Gasteiger partial charge in [-0.3, -0.25) is 4.79 Å². The molecule has 3 aliphatic rings. The average Bonchev–Trinajstić information content (AvgIpc) is 3.30. The van der Waals surface area contributed by atoms with Crippen molar-refractivity contribution in [2.45, 2.75) is 63.9 Å². The number of nitrogens with zero attached hydrogens (tertiary/aromatic N) is 1. The SMILES string of the molecule is CN(CC(O)C1CC1)C(=O)C1CCC2CCCCC2C1. The van der Waals surface area contributed by atoms with Crippen molar-refractivity contribution in [3.05, 3.63) is 0 Å². The van der Waals surface area contributed by atoms with Crippen LogP contribution in [0.3, 0.4) is 0 Å². The Labute approximate surface area is 122 Å². The minimum atomic E-state index is -0.296. The number of hydrogen-bond acceptors (Lipinski definition) is 2. The molecular weight excluding hydrogens is 250 g/mol. The first-order valence-electron chi connectivity index (χ1n) is 8.58. The number of aliphatic hydroxyl groups is 1. The van der Waals surface area contributed by atoms with Crippen molar-refractivity contribution >= 4 is 5.91 Å². The van der Waals surface area contributed by atoms with Crippen LogP contribution in [0.1, 0.15) is 57.8 Å². The highest BCUT2D eigenvalue weighted by molar-refractivity contribution is 5.78. The van der Waals surface area contributed by atoms with Crippen LogP contribution in [0, 0.1) is 23.7 Å². The van der Waals surface area contributed by atoms with Crippen LogP contribution in [0.5, 0.6) is 0 Å². The van der Waals surface area contributed by atoms with E-state index in [1.54, 1.807) is 4.90 Å². The summed E-state index contributed by atoms with van der Waals surface area (Å²) in [6.07, 6.45) is 10.9. The van der Waals surface area contributed by atoms with Crippen LogP contribution in [-0.2, 0) is 4.79 Å². The standard InChI is InChI=1S/C17H29NO2/c1-18(11-16(19)13-7-8-13)17(20)15-9-6-12-4-2-3-5-14(12)10-15/h12-16,19H,2-11H2,1H3. The Bertz CT molecular complexity index is 353. The summed E-state index contributed by atoms with van der Waals surface area (Å²) in [5.74, 6) is 2.67. The lowest BCUT2D eigenvalue weighted by Crippen LogP contribution is -2.41. The van der Waals surface area contributed by atoms with Crippen LogP contribution in [0.15, 0.2) is 0 Å². The second-order valence-corrected chi connectivity index (χ2v) is 7.44. The largest absolute Gasteiger partial charge is 0.391 e. The Morgan fingerprint density at radius 2 is 1.80 bits per heavy atom. The van der Waals surface area contributed by atoms with Crippen LogP contribution in [-0.4, -0.2) is 35.6 Å². The van der Waals surface area contributed by atoms with E-state index in [9.17, 15) is 9.90 Å². The van der Waals surface area contributed by atoms with Gasteiger partial charge in [0.15, 0.2) is 0 Å². The topological polar surface area (TPSA) is 40.5 Å². The molecule has 0 aromatic heterocycles. The first-order chi connectivity index (χ1) is 9.65. The smallest absolute Gasteiger partial charge is 0.225 e. The molecule has 4 unspecified atom stereocenters. The molecule has 0 aromatic carbocycles. The highest BCUT2D eigenvalue weighted by Crippen LogP contribution is 2.43. The third-order valence-electron chi connectivity index (χ3n) is 5.89. The summed E-state index contributed by atoms with van der Waals surface area (Å²) >= 11 is 0. The van der Waals surface area contributed by atoms with Crippen molar-refractivity contribution in [1.29, 1.82) is 0 Å². The first kappa shape index (κ1) is 14.4. The van der Waals surface area contributed by atoms with E-state index < -0.39 is 0 Å². The first-order valence-corrected chi connectivity index (χ1v) is 8.58. The van der Waals surface area contributed by atoms with Crippen molar-refractivity contribution < 1.29 is 9.90 Å². The molecule has 0 spiro atoms. The molecule has 4 atom stereocenters. The summed E-state index contributed by atoms with van der Waals surface area (Å²) in [7, 11) is 1.88. The molecular formula is C17H29NO2. The molecule has 3 rings (SSSR count). The lowest BCUT2D eigenvalue weighted by atomic mass is 9.67. The molecule has 0 saturated heterocycles. The maximum absolute atomic E-state index is 12.6. The minimum Gasteiger partial charge on any atom is -0.391 e. The van der Waals surface area contributed by atoms with Gasteiger partial charge in [0, 0.05) is 19.5 Å². The second kappa shape index (κ2) is 6.05. The molecule has 0 bridgehead atoms. The van der Waals surface area contributed by atoms with E-state index in [-0.39, 0.29) is 17.9 Å². The fraction of sp³-hybridized carbons (Fsp3) is 0.941. The van der Waals surface area contributed by atoms with Crippen LogP contribution in [0.25, 0.3) is 0 Å². The zero-order valence-corrected chi connectivity index (χ0v) is 12.8. The monoisotopic (exact) mass is 279 g/mol. The lowest BCUT2D eigenvalue weighted by molar-refractivity contribution is -0.138. The number of carbonyl (C=O) groups excluding carboxylic acids is 1.